The molecule has 9 heteroatoms. The Bertz CT molecular complexity index is 1270. The Balaban J connectivity index is 1.52. The molecule has 0 amide bonds. The highest BCUT2D eigenvalue weighted by Crippen LogP contribution is 2.31. The largest absolute Gasteiger partial charge is 0.478 e. The van der Waals surface area contributed by atoms with Crippen molar-refractivity contribution in [2.24, 2.45) is 0 Å². The highest BCUT2D eigenvalue weighted by molar-refractivity contribution is 6.01. The first-order valence-corrected chi connectivity index (χ1v) is 10.9. The quantitative estimate of drug-likeness (QED) is 0.398. The smallest absolute Gasteiger partial charge is 0.335 e. The molecule has 1 aliphatic rings. The van der Waals surface area contributed by atoms with Gasteiger partial charge in [-0.2, -0.15) is 4.98 Å². The van der Waals surface area contributed by atoms with Gasteiger partial charge in [0.25, 0.3) is 0 Å². The third kappa shape index (κ3) is 4.63. The van der Waals surface area contributed by atoms with E-state index in [1.807, 2.05) is 30.5 Å². The first-order valence-electron chi connectivity index (χ1n) is 10.9. The molecule has 1 fully saturated rings. The Morgan fingerprint density at radius 1 is 1.18 bits per heavy atom. The molecule has 5 rings (SSSR count). The zero-order valence-electron chi connectivity index (χ0n) is 18.0. The number of fused-ring (bicyclic) bond motifs is 1. The van der Waals surface area contributed by atoms with Crippen LogP contribution in [0.4, 0.5) is 11.8 Å². The Kier molecular flexibility index (Phi) is 5.86. The number of carboxylic acids is 1. The van der Waals surface area contributed by atoms with Crippen molar-refractivity contribution in [2.75, 3.05) is 43.1 Å². The number of aromatic carboxylic acids is 1. The normalized spacial score (nSPS) is 13.9. The third-order valence-electron chi connectivity index (χ3n) is 5.66. The van der Waals surface area contributed by atoms with Crippen LogP contribution in [0.15, 0.2) is 55.0 Å². The number of benzene rings is 1. The van der Waals surface area contributed by atoms with Crippen molar-refractivity contribution in [3.05, 3.63) is 66.1 Å². The summed E-state index contributed by atoms with van der Waals surface area (Å²) in [4.78, 5) is 30.7. The van der Waals surface area contributed by atoms with Gasteiger partial charge in [-0.25, -0.2) is 9.78 Å². The van der Waals surface area contributed by atoms with Crippen molar-refractivity contribution in [1.29, 1.82) is 0 Å². The molecule has 0 aliphatic carbocycles. The fraction of sp³-hybridized carbons (Fsp3) is 0.250. The maximum Gasteiger partial charge on any atom is 0.335 e. The Morgan fingerprint density at radius 3 is 2.85 bits per heavy atom. The van der Waals surface area contributed by atoms with Crippen LogP contribution in [-0.2, 0) is 11.2 Å². The first kappa shape index (κ1) is 20.9. The fourth-order valence-corrected chi connectivity index (χ4v) is 3.97. The zero-order valence-corrected chi connectivity index (χ0v) is 18.0. The summed E-state index contributed by atoms with van der Waals surface area (Å²) in [6.45, 7) is 3.40. The lowest BCUT2D eigenvalue weighted by Gasteiger charge is -2.28. The van der Waals surface area contributed by atoms with Crippen molar-refractivity contribution in [1.82, 2.24) is 19.9 Å². The number of hydrogen-bond acceptors (Lipinski definition) is 7. The second-order valence-electron chi connectivity index (χ2n) is 7.84. The van der Waals surface area contributed by atoms with Gasteiger partial charge in [-0.3, -0.25) is 4.98 Å². The second-order valence-corrected chi connectivity index (χ2v) is 7.84. The standard InChI is InChI=1S/C24H24N6O3/c31-23(32)17-12-19(18-4-7-26-20(18)13-17)21-14-22(30-8-10-33-11-9-30)29-24(28-21)27-6-3-16-2-1-5-25-15-16/h1-2,4-5,7,12-15,26H,3,6,8-11H2,(H,31,32)(H,27,28,29). The van der Waals surface area contributed by atoms with Crippen molar-refractivity contribution in [2.45, 2.75) is 6.42 Å². The molecule has 9 nitrogen and oxygen atoms in total. The molecule has 4 aromatic rings. The number of rotatable bonds is 7. The minimum absolute atomic E-state index is 0.206. The number of pyridine rings is 1. The molecule has 33 heavy (non-hydrogen) atoms. The topological polar surface area (TPSA) is 116 Å². The number of morpholine rings is 1. The van der Waals surface area contributed by atoms with Crippen LogP contribution in [0.25, 0.3) is 22.2 Å². The monoisotopic (exact) mass is 444 g/mol. The van der Waals surface area contributed by atoms with E-state index in [1.165, 1.54) is 0 Å². The molecule has 0 atom stereocenters. The Labute approximate surface area is 190 Å². The molecule has 0 spiro atoms. The van der Waals surface area contributed by atoms with Crippen LogP contribution < -0.4 is 10.2 Å². The number of hydrogen-bond donors (Lipinski definition) is 3. The molecular formula is C24H24N6O3. The second kappa shape index (κ2) is 9.25. The van der Waals surface area contributed by atoms with Crippen LogP contribution in [0.5, 0.6) is 0 Å². The van der Waals surface area contributed by atoms with Gasteiger partial charge in [-0.15, -0.1) is 0 Å². The van der Waals surface area contributed by atoms with Gasteiger partial charge < -0.3 is 25.0 Å². The summed E-state index contributed by atoms with van der Waals surface area (Å²) in [6.07, 6.45) is 6.19. The van der Waals surface area contributed by atoms with Crippen LogP contribution in [-0.4, -0.2) is 63.9 Å². The number of carboxylic acid groups (broad SMARTS) is 1. The molecule has 3 aromatic heterocycles. The summed E-state index contributed by atoms with van der Waals surface area (Å²) in [7, 11) is 0. The van der Waals surface area contributed by atoms with Crippen molar-refractivity contribution in [3.63, 3.8) is 0 Å². The Morgan fingerprint density at radius 2 is 2.06 bits per heavy atom. The summed E-state index contributed by atoms with van der Waals surface area (Å²) in [5, 5.41) is 13.8. The molecule has 168 valence electrons. The zero-order chi connectivity index (χ0) is 22.6. The van der Waals surface area contributed by atoms with Gasteiger partial charge >= 0.3 is 5.97 Å². The van der Waals surface area contributed by atoms with Crippen LogP contribution >= 0.6 is 0 Å². The third-order valence-corrected chi connectivity index (χ3v) is 5.66. The molecule has 0 saturated carbocycles. The van der Waals surface area contributed by atoms with Gasteiger partial charge in [0.05, 0.1) is 24.5 Å². The summed E-state index contributed by atoms with van der Waals surface area (Å²) in [6, 6.07) is 11.1. The van der Waals surface area contributed by atoms with Crippen LogP contribution in [0.1, 0.15) is 15.9 Å². The molecule has 0 radical (unpaired) electrons. The maximum atomic E-state index is 11.7. The number of aromatic nitrogens is 4. The van der Waals surface area contributed by atoms with Gasteiger partial charge in [0.1, 0.15) is 5.82 Å². The van der Waals surface area contributed by atoms with E-state index in [0.717, 1.165) is 47.4 Å². The average Bonchev–Trinajstić information content (AvgIpc) is 3.33. The number of aromatic amines is 1. The van der Waals surface area contributed by atoms with E-state index in [9.17, 15) is 9.90 Å². The van der Waals surface area contributed by atoms with Crippen molar-refractivity contribution in [3.8, 4) is 11.3 Å². The molecule has 1 saturated heterocycles. The van der Waals surface area contributed by atoms with Crippen LogP contribution in [0, 0.1) is 0 Å². The number of H-pyrrole nitrogens is 1. The molecule has 1 aromatic carbocycles. The predicted molar refractivity (Wildman–Crippen MR) is 126 cm³/mol. The highest BCUT2D eigenvalue weighted by atomic mass is 16.5. The van der Waals surface area contributed by atoms with Gasteiger partial charge in [0.15, 0.2) is 0 Å². The van der Waals surface area contributed by atoms with Gasteiger partial charge in [0, 0.05) is 60.8 Å². The molecule has 1 aliphatic heterocycles. The highest BCUT2D eigenvalue weighted by Gasteiger charge is 2.18. The van der Waals surface area contributed by atoms with Crippen molar-refractivity contribution < 1.29 is 14.6 Å². The summed E-state index contributed by atoms with van der Waals surface area (Å²) in [5.74, 6) is 0.309. The number of carbonyl (C=O) groups is 1. The molecule has 0 unspecified atom stereocenters. The molecule has 3 N–H and O–H groups in total. The van der Waals surface area contributed by atoms with E-state index >= 15 is 0 Å². The van der Waals surface area contributed by atoms with E-state index in [1.54, 1.807) is 24.5 Å². The van der Waals surface area contributed by atoms with Crippen molar-refractivity contribution >= 4 is 28.6 Å². The van der Waals surface area contributed by atoms with E-state index in [2.05, 4.69) is 20.2 Å². The fourth-order valence-electron chi connectivity index (χ4n) is 3.97. The number of nitrogens with one attached hydrogen (secondary N) is 2. The minimum atomic E-state index is -0.981. The number of ether oxygens (including phenoxy) is 1. The lowest BCUT2D eigenvalue weighted by atomic mass is 10.0. The Hall–Kier alpha value is -3.98. The first-order chi connectivity index (χ1) is 16.2. The molecule has 4 heterocycles. The van der Waals surface area contributed by atoms with Gasteiger partial charge in [0.2, 0.25) is 5.95 Å². The lowest BCUT2D eigenvalue weighted by molar-refractivity contribution is 0.0697. The lowest BCUT2D eigenvalue weighted by Crippen LogP contribution is -2.37. The number of anilines is 2. The summed E-state index contributed by atoms with van der Waals surface area (Å²) < 4.78 is 5.49. The molecule has 0 bridgehead atoms. The van der Waals surface area contributed by atoms with Crippen LogP contribution in [0.2, 0.25) is 0 Å². The van der Waals surface area contributed by atoms with Gasteiger partial charge in [-0.1, -0.05) is 6.07 Å². The summed E-state index contributed by atoms with van der Waals surface area (Å²) >= 11 is 0. The maximum absolute atomic E-state index is 11.7. The average molecular weight is 444 g/mol. The summed E-state index contributed by atoms with van der Waals surface area (Å²) in [5.41, 5.74) is 3.50. The predicted octanol–water partition coefficient (Wildman–Crippen LogP) is 3.21. The SMILES string of the molecule is O=C(O)c1cc(-c2cc(N3CCOCC3)nc(NCCc3cccnc3)n2)c2cc[nH]c2c1. The van der Waals surface area contributed by atoms with E-state index in [-0.39, 0.29) is 5.56 Å². The van der Waals surface area contributed by atoms with Gasteiger partial charge in [-0.05, 0) is 36.2 Å². The van der Waals surface area contributed by atoms with E-state index in [0.29, 0.717) is 31.4 Å². The van der Waals surface area contributed by atoms with E-state index < -0.39 is 5.97 Å². The van der Waals surface area contributed by atoms with Crippen LogP contribution in [0.3, 0.4) is 0 Å². The number of nitrogens with zero attached hydrogens (tertiary/aromatic N) is 4. The molecular weight excluding hydrogens is 420 g/mol. The van der Waals surface area contributed by atoms with E-state index in [4.69, 9.17) is 14.7 Å². The minimum Gasteiger partial charge on any atom is -0.478 e.